The van der Waals surface area contributed by atoms with Crippen molar-refractivity contribution in [3.63, 3.8) is 0 Å². The SMILES string of the molecule is CCCN(CC1CCNCC1)c1cc(F)cc(C#N)c1. The number of hydrogen-bond acceptors (Lipinski definition) is 3. The summed E-state index contributed by atoms with van der Waals surface area (Å²) in [5, 5.41) is 12.3. The van der Waals surface area contributed by atoms with Gasteiger partial charge in [-0.3, -0.25) is 0 Å². The van der Waals surface area contributed by atoms with Gasteiger partial charge in [0.15, 0.2) is 0 Å². The maximum Gasteiger partial charge on any atom is 0.126 e. The fourth-order valence-corrected chi connectivity index (χ4v) is 2.79. The molecule has 1 N–H and O–H groups in total. The van der Waals surface area contributed by atoms with Crippen LogP contribution < -0.4 is 10.2 Å². The predicted octanol–water partition coefficient (Wildman–Crippen LogP) is 2.91. The molecule has 108 valence electrons. The van der Waals surface area contributed by atoms with E-state index in [0.29, 0.717) is 11.5 Å². The number of nitrogens with zero attached hydrogens (tertiary/aromatic N) is 2. The third kappa shape index (κ3) is 3.94. The van der Waals surface area contributed by atoms with Crippen molar-refractivity contribution in [1.29, 1.82) is 5.26 Å². The van der Waals surface area contributed by atoms with Crippen molar-refractivity contribution in [3.8, 4) is 6.07 Å². The largest absolute Gasteiger partial charge is 0.371 e. The average molecular weight is 275 g/mol. The summed E-state index contributed by atoms with van der Waals surface area (Å²) in [6.45, 7) is 6.11. The van der Waals surface area contributed by atoms with Crippen molar-refractivity contribution >= 4 is 5.69 Å². The highest BCUT2D eigenvalue weighted by molar-refractivity contribution is 5.52. The molecule has 3 nitrogen and oxygen atoms in total. The first-order chi connectivity index (χ1) is 9.72. The molecule has 2 rings (SSSR count). The topological polar surface area (TPSA) is 39.1 Å². The summed E-state index contributed by atoms with van der Waals surface area (Å²) in [5.74, 6) is 0.321. The Hall–Kier alpha value is -1.60. The van der Waals surface area contributed by atoms with Gasteiger partial charge in [0.2, 0.25) is 0 Å². The first-order valence-electron chi connectivity index (χ1n) is 7.39. The zero-order valence-electron chi connectivity index (χ0n) is 12.0. The van der Waals surface area contributed by atoms with Gasteiger partial charge in [0.05, 0.1) is 11.6 Å². The minimum Gasteiger partial charge on any atom is -0.371 e. The molecule has 1 aliphatic rings. The molecule has 0 saturated carbocycles. The molecule has 0 aromatic heterocycles. The fraction of sp³-hybridized carbons (Fsp3) is 0.562. The number of nitrogens with one attached hydrogen (secondary N) is 1. The highest BCUT2D eigenvalue weighted by Gasteiger charge is 2.17. The van der Waals surface area contributed by atoms with Crippen LogP contribution >= 0.6 is 0 Å². The second kappa shape index (κ2) is 7.25. The molecule has 1 heterocycles. The number of nitriles is 1. The lowest BCUT2D eigenvalue weighted by atomic mass is 9.97. The first-order valence-corrected chi connectivity index (χ1v) is 7.39. The van der Waals surface area contributed by atoms with E-state index >= 15 is 0 Å². The van der Waals surface area contributed by atoms with Crippen molar-refractivity contribution < 1.29 is 4.39 Å². The Balaban J connectivity index is 2.14. The van der Waals surface area contributed by atoms with E-state index in [0.717, 1.165) is 38.3 Å². The fourth-order valence-electron chi connectivity index (χ4n) is 2.79. The zero-order chi connectivity index (χ0) is 14.4. The first kappa shape index (κ1) is 14.8. The van der Waals surface area contributed by atoms with Crippen molar-refractivity contribution in [1.82, 2.24) is 5.32 Å². The molecule has 0 bridgehead atoms. The number of benzene rings is 1. The Kier molecular flexibility index (Phi) is 5.37. The van der Waals surface area contributed by atoms with Crippen LogP contribution in [0.1, 0.15) is 31.7 Å². The molecule has 0 amide bonds. The van der Waals surface area contributed by atoms with Crippen molar-refractivity contribution in [2.75, 3.05) is 31.1 Å². The molecule has 1 aliphatic heterocycles. The van der Waals surface area contributed by atoms with Crippen LogP contribution in [0.15, 0.2) is 18.2 Å². The standard InChI is InChI=1S/C16H22FN3/c1-2-7-20(12-13-3-5-19-6-4-13)16-9-14(11-18)8-15(17)10-16/h8-10,13,19H,2-7,12H2,1H3. The summed E-state index contributed by atoms with van der Waals surface area (Å²) in [5.41, 5.74) is 1.23. The molecule has 0 atom stereocenters. The highest BCUT2D eigenvalue weighted by atomic mass is 19.1. The molecular weight excluding hydrogens is 253 g/mol. The van der Waals surface area contributed by atoms with Gasteiger partial charge in [0.25, 0.3) is 0 Å². The molecule has 20 heavy (non-hydrogen) atoms. The Labute approximate surface area is 120 Å². The molecule has 4 heteroatoms. The maximum atomic E-state index is 13.6. The maximum absolute atomic E-state index is 13.6. The Morgan fingerprint density at radius 1 is 1.35 bits per heavy atom. The van der Waals surface area contributed by atoms with Crippen LogP contribution in [0, 0.1) is 23.1 Å². The lowest BCUT2D eigenvalue weighted by Crippen LogP contribution is -2.36. The van der Waals surface area contributed by atoms with Gasteiger partial charge in [-0.2, -0.15) is 5.26 Å². The van der Waals surface area contributed by atoms with Gasteiger partial charge < -0.3 is 10.2 Å². The molecule has 0 radical (unpaired) electrons. The minimum atomic E-state index is -0.328. The summed E-state index contributed by atoms with van der Waals surface area (Å²) in [6.07, 6.45) is 3.35. The molecule has 1 aromatic carbocycles. The third-order valence-corrected chi connectivity index (χ3v) is 3.81. The lowest BCUT2D eigenvalue weighted by molar-refractivity contribution is 0.373. The number of piperidine rings is 1. The van der Waals surface area contributed by atoms with Crippen LogP contribution in [0.4, 0.5) is 10.1 Å². The van der Waals surface area contributed by atoms with Crippen molar-refractivity contribution in [2.45, 2.75) is 26.2 Å². The number of halogens is 1. The smallest absolute Gasteiger partial charge is 0.126 e. The van der Waals surface area contributed by atoms with Gasteiger partial charge >= 0.3 is 0 Å². The van der Waals surface area contributed by atoms with E-state index in [1.54, 1.807) is 6.07 Å². The van der Waals surface area contributed by atoms with E-state index in [1.165, 1.54) is 25.0 Å². The number of rotatable bonds is 5. The van der Waals surface area contributed by atoms with E-state index < -0.39 is 0 Å². The second-order valence-electron chi connectivity index (χ2n) is 5.45. The molecule has 0 unspecified atom stereocenters. The Morgan fingerprint density at radius 3 is 2.75 bits per heavy atom. The van der Waals surface area contributed by atoms with Crippen LogP contribution in [0.25, 0.3) is 0 Å². The second-order valence-corrected chi connectivity index (χ2v) is 5.45. The summed E-state index contributed by atoms with van der Waals surface area (Å²) >= 11 is 0. The summed E-state index contributed by atoms with van der Waals surface area (Å²) in [4.78, 5) is 2.22. The monoisotopic (exact) mass is 275 g/mol. The predicted molar refractivity (Wildman–Crippen MR) is 79.2 cm³/mol. The van der Waals surface area contributed by atoms with Crippen LogP contribution in [0.3, 0.4) is 0 Å². The summed E-state index contributed by atoms with van der Waals surface area (Å²) < 4.78 is 13.6. The quantitative estimate of drug-likeness (QED) is 0.898. The van der Waals surface area contributed by atoms with Crippen molar-refractivity contribution in [3.05, 3.63) is 29.6 Å². The normalized spacial score (nSPS) is 15.8. The average Bonchev–Trinajstić information content (AvgIpc) is 2.47. The van der Waals surface area contributed by atoms with E-state index in [4.69, 9.17) is 5.26 Å². The van der Waals surface area contributed by atoms with E-state index in [9.17, 15) is 4.39 Å². The van der Waals surface area contributed by atoms with Gasteiger partial charge in [0, 0.05) is 18.8 Å². The van der Waals surface area contributed by atoms with Gasteiger partial charge in [-0.1, -0.05) is 6.92 Å². The highest BCUT2D eigenvalue weighted by Crippen LogP contribution is 2.22. The van der Waals surface area contributed by atoms with Gasteiger partial charge in [-0.25, -0.2) is 4.39 Å². The molecule has 0 spiro atoms. The molecule has 1 fully saturated rings. The zero-order valence-corrected chi connectivity index (χ0v) is 12.0. The van der Waals surface area contributed by atoms with Gasteiger partial charge in [-0.15, -0.1) is 0 Å². The van der Waals surface area contributed by atoms with E-state index in [2.05, 4.69) is 17.1 Å². The molecule has 1 saturated heterocycles. The molecule has 1 aromatic rings. The van der Waals surface area contributed by atoms with Crippen LogP contribution in [-0.2, 0) is 0 Å². The van der Waals surface area contributed by atoms with Crippen molar-refractivity contribution in [2.24, 2.45) is 5.92 Å². The van der Waals surface area contributed by atoms with E-state index in [1.807, 2.05) is 6.07 Å². The van der Waals surface area contributed by atoms with Crippen LogP contribution in [0.5, 0.6) is 0 Å². The lowest BCUT2D eigenvalue weighted by Gasteiger charge is -2.31. The summed E-state index contributed by atoms with van der Waals surface area (Å²) in [7, 11) is 0. The number of hydrogen-bond donors (Lipinski definition) is 1. The van der Waals surface area contributed by atoms with Gasteiger partial charge in [0.1, 0.15) is 5.82 Å². The van der Waals surface area contributed by atoms with E-state index in [-0.39, 0.29) is 5.82 Å². The Bertz CT molecular complexity index is 475. The Morgan fingerprint density at radius 2 is 2.10 bits per heavy atom. The molecule has 0 aliphatic carbocycles. The minimum absolute atomic E-state index is 0.328. The number of anilines is 1. The van der Waals surface area contributed by atoms with Crippen LogP contribution in [-0.4, -0.2) is 26.2 Å². The third-order valence-electron chi connectivity index (χ3n) is 3.81. The van der Waals surface area contributed by atoms with Gasteiger partial charge in [-0.05, 0) is 56.5 Å². The van der Waals surface area contributed by atoms with Crippen LogP contribution in [0.2, 0.25) is 0 Å². The summed E-state index contributed by atoms with van der Waals surface area (Å²) in [6, 6.07) is 6.65. The molecular formula is C16H22FN3.